The molecule has 1 amide bonds. The van der Waals surface area contributed by atoms with E-state index in [0.29, 0.717) is 31.0 Å². The minimum absolute atomic E-state index is 0.0740. The fourth-order valence-corrected chi connectivity index (χ4v) is 4.14. The number of alkyl halides is 1. The summed E-state index contributed by atoms with van der Waals surface area (Å²) in [7, 11) is 0. The Hall–Kier alpha value is -1.91. The van der Waals surface area contributed by atoms with Gasteiger partial charge in [0.05, 0.1) is 28.7 Å². The molecule has 8 heteroatoms. The number of hydrogen-bond donors (Lipinski definition) is 1. The molecule has 0 spiro atoms. The maximum absolute atomic E-state index is 14.2. The van der Waals surface area contributed by atoms with Crippen LogP contribution in [0.1, 0.15) is 31.4 Å². The van der Waals surface area contributed by atoms with E-state index in [1.807, 2.05) is 4.90 Å². The number of nitriles is 1. The van der Waals surface area contributed by atoms with Gasteiger partial charge in [-0.3, -0.25) is 9.88 Å². The lowest BCUT2D eigenvalue weighted by atomic mass is 9.71. The lowest BCUT2D eigenvalue weighted by Crippen LogP contribution is -2.45. The number of halogens is 2. The van der Waals surface area contributed by atoms with E-state index >= 15 is 0 Å². The average Bonchev–Trinajstić information content (AvgIpc) is 2.84. The molecule has 1 aromatic rings. The van der Waals surface area contributed by atoms with Crippen molar-refractivity contribution >= 4 is 17.7 Å². The third-order valence-corrected chi connectivity index (χ3v) is 5.76. The van der Waals surface area contributed by atoms with Gasteiger partial charge in [0.15, 0.2) is 0 Å². The topological polar surface area (TPSA) is 80.5 Å². The van der Waals surface area contributed by atoms with E-state index in [2.05, 4.69) is 11.1 Å². The van der Waals surface area contributed by atoms with Gasteiger partial charge in [-0.15, -0.1) is 0 Å². The molecule has 1 atom stereocenters. The first-order chi connectivity index (χ1) is 12.4. The van der Waals surface area contributed by atoms with E-state index < -0.39 is 17.7 Å². The fourth-order valence-electron chi connectivity index (χ4n) is 4.03. The minimum Gasteiger partial charge on any atom is -0.465 e. The monoisotopic (exact) mass is 380 g/mol. The van der Waals surface area contributed by atoms with E-state index in [1.54, 1.807) is 18.3 Å². The molecule has 1 saturated heterocycles. The Morgan fingerprint density at radius 2 is 2.08 bits per heavy atom. The van der Waals surface area contributed by atoms with Crippen molar-refractivity contribution in [1.29, 1.82) is 5.26 Å². The van der Waals surface area contributed by atoms with E-state index in [-0.39, 0.29) is 19.1 Å². The normalized spacial score (nSPS) is 30.4. The Balaban J connectivity index is 1.66. The zero-order chi connectivity index (χ0) is 18.7. The van der Waals surface area contributed by atoms with Crippen LogP contribution in [-0.2, 0) is 5.41 Å². The first kappa shape index (κ1) is 18.9. The van der Waals surface area contributed by atoms with Crippen LogP contribution in [0.2, 0.25) is 5.02 Å². The van der Waals surface area contributed by atoms with Gasteiger partial charge in [0.1, 0.15) is 6.17 Å². The van der Waals surface area contributed by atoms with Crippen molar-refractivity contribution in [3.8, 4) is 6.07 Å². The number of hydrogen-bond acceptors (Lipinski definition) is 4. The number of amides is 1. The summed E-state index contributed by atoms with van der Waals surface area (Å²) in [5.74, 6) is 0. The van der Waals surface area contributed by atoms with Crippen LogP contribution in [0.4, 0.5) is 9.18 Å². The van der Waals surface area contributed by atoms with E-state index in [9.17, 15) is 14.4 Å². The molecule has 2 aliphatic rings. The summed E-state index contributed by atoms with van der Waals surface area (Å²) in [6.07, 6.45) is 2.13. The highest BCUT2D eigenvalue weighted by atomic mass is 35.5. The second kappa shape index (κ2) is 7.77. The number of rotatable bonds is 2. The van der Waals surface area contributed by atoms with Gasteiger partial charge in [-0.2, -0.15) is 5.26 Å². The van der Waals surface area contributed by atoms with Crippen LogP contribution in [-0.4, -0.2) is 64.4 Å². The Morgan fingerprint density at radius 1 is 1.35 bits per heavy atom. The second-order valence-corrected chi connectivity index (χ2v) is 7.54. The molecule has 0 aromatic carbocycles. The summed E-state index contributed by atoms with van der Waals surface area (Å²) in [4.78, 5) is 18.7. The summed E-state index contributed by atoms with van der Waals surface area (Å²) in [5.41, 5.74) is 0.106. The highest BCUT2D eigenvalue weighted by Gasteiger charge is 2.40. The van der Waals surface area contributed by atoms with Crippen LogP contribution < -0.4 is 0 Å². The summed E-state index contributed by atoms with van der Waals surface area (Å²) >= 11 is 5.89. The van der Waals surface area contributed by atoms with E-state index in [4.69, 9.17) is 16.7 Å². The van der Waals surface area contributed by atoms with Crippen molar-refractivity contribution < 1.29 is 14.3 Å². The smallest absolute Gasteiger partial charge is 0.407 e. The first-order valence-electron chi connectivity index (χ1n) is 8.83. The van der Waals surface area contributed by atoms with Gasteiger partial charge >= 0.3 is 6.09 Å². The van der Waals surface area contributed by atoms with Crippen LogP contribution in [0.15, 0.2) is 18.3 Å². The minimum atomic E-state index is -1.19. The van der Waals surface area contributed by atoms with Crippen molar-refractivity contribution in [3.05, 3.63) is 29.0 Å². The van der Waals surface area contributed by atoms with Crippen LogP contribution in [0.25, 0.3) is 0 Å². The van der Waals surface area contributed by atoms with Crippen LogP contribution in [0, 0.1) is 11.3 Å². The van der Waals surface area contributed by atoms with E-state index in [1.165, 1.54) is 0 Å². The van der Waals surface area contributed by atoms with Gasteiger partial charge < -0.3 is 10.0 Å². The van der Waals surface area contributed by atoms with Crippen LogP contribution >= 0.6 is 11.6 Å². The highest BCUT2D eigenvalue weighted by Crippen LogP contribution is 2.40. The van der Waals surface area contributed by atoms with Gasteiger partial charge in [-0.05, 0) is 37.8 Å². The SMILES string of the molecule is N#CC1(c2ccc(Cl)cn2)CCC(N2CCN(C(=O)O)CC(F)C2)CC1. The third kappa shape index (κ3) is 3.92. The molecule has 1 saturated carbocycles. The number of pyridine rings is 1. The molecule has 0 radical (unpaired) electrons. The Kier molecular flexibility index (Phi) is 5.64. The summed E-state index contributed by atoms with van der Waals surface area (Å²) in [6.45, 7) is 1.01. The maximum atomic E-state index is 14.2. The zero-order valence-electron chi connectivity index (χ0n) is 14.4. The Bertz CT molecular complexity index is 685. The van der Waals surface area contributed by atoms with Crippen molar-refractivity contribution in [2.45, 2.75) is 43.3 Å². The quantitative estimate of drug-likeness (QED) is 0.852. The predicted octanol–water partition coefficient (Wildman–Crippen LogP) is 3.07. The number of carbonyl (C=O) groups is 1. The Morgan fingerprint density at radius 3 is 2.65 bits per heavy atom. The molecule has 0 bridgehead atoms. The molecule has 1 N–H and O–H groups in total. The first-order valence-corrected chi connectivity index (χ1v) is 9.20. The number of nitrogens with zero attached hydrogens (tertiary/aromatic N) is 4. The summed E-state index contributed by atoms with van der Waals surface area (Å²) in [5, 5.41) is 19.4. The molecule has 1 aliphatic heterocycles. The molecule has 6 nitrogen and oxygen atoms in total. The molecule has 2 fully saturated rings. The largest absolute Gasteiger partial charge is 0.465 e. The van der Waals surface area contributed by atoms with Crippen molar-refractivity contribution in [2.24, 2.45) is 0 Å². The zero-order valence-corrected chi connectivity index (χ0v) is 15.2. The lowest BCUT2D eigenvalue weighted by molar-refractivity contribution is 0.118. The van der Waals surface area contributed by atoms with Gasteiger partial charge in [-0.25, -0.2) is 9.18 Å². The third-order valence-electron chi connectivity index (χ3n) is 5.54. The number of carboxylic acid groups (broad SMARTS) is 1. The molecule has 3 rings (SSSR count). The molecule has 26 heavy (non-hydrogen) atoms. The lowest BCUT2D eigenvalue weighted by Gasteiger charge is -2.39. The van der Waals surface area contributed by atoms with Crippen LogP contribution in [0.3, 0.4) is 0 Å². The molecule has 1 aromatic heterocycles. The van der Waals surface area contributed by atoms with E-state index in [0.717, 1.165) is 23.4 Å². The van der Waals surface area contributed by atoms with Gasteiger partial charge in [-0.1, -0.05) is 11.6 Å². The predicted molar refractivity (Wildman–Crippen MR) is 94.9 cm³/mol. The second-order valence-electron chi connectivity index (χ2n) is 7.11. The summed E-state index contributed by atoms with van der Waals surface area (Å²) in [6, 6.07) is 6.15. The number of aromatic nitrogens is 1. The molecule has 1 aliphatic carbocycles. The van der Waals surface area contributed by atoms with Crippen molar-refractivity contribution in [3.63, 3.8) is 0 Å². The molecule has 2 heterocycles. The maximum Gasteiger partial charge on any atom is 0.407 e. The van der Waals surface area contributed by atoms with Crippen molar-refractivity contribution in [2.75, 3.05) is 26.2 Å². The summed E-state index contributed by atoms with van der Waals surface area (Å²) < 4.78 is 14.2. The highest BCUT2D eigenvalue weighted by molar-refractivity contribution is 6.30. The molecule has 1 unspecified atom stereocenters. The molecule has 140 valence electrons. The van der Waals surface area contributed by atoms with Crippen molar-refractivity contribution in [1.82, 2.24) is 14.8 Å². The Labute approximate surface area is 157 Å². The fraction of sp³-hybridized carbons (Fsp3) is 0.611. The standard InChI is InChI=1S/C18H22ClFN4O2/c19-13-1-2-16(22-9-13)18(12-21)5-3-15(4-6-18)23-7-8-24(17(25)26)11-14(20)10-23/h1-2,9,14-15H,3-8,10-11H2,(H,25,26). The van der Waals surface area contributed by atoms with Gasteiger partial charge in [0.25, 0.3) is 0 Å². The van der Waals surface area contributed by atoms with Crippen LogP contribution in [0.5, 0.6) is 0 Å². The van der Waals surface area contributed by atoms with Gasteiger partial charge in [0, 0.05) is 31.9 Å². The molecular formula is C18H22ClFN4O2. The average molecular weight is 381 g/mol. The van der Waals surface area contributed by atoms with Gasteiger partial charge in [0.2, 0.25) is 0 Å². The molecular weight excluding hydrogens is 359 g/mol.